The summed E-state index contributed by atoms with van der Waals surface area (Å²) in [4.78, 5) is 11.1. The second-order valence-corrected chi connectivity index (χ2v) is 2.27. The van der Waals surface area contributed by atoms with Gasteiger partial charge in [-0.1, -0.05) is 0 Å². The van der Waals surface area contributed by atoms with Crippen LogP contribution in [0, 0.1) is 0 Å². The highest BCUT2D eigenvalue weighted by Gasteiger charge is 2.03. The summed E-state index contributed by atoms with van der Waals surface area (Å²) in [6.45, 7) is 0. The molecular formula is C7H6N4O. The van der Waals surface area contributed by atoms with Crippen LogP contribution in [0.3, 0.4) is 0 Å². The zero-order valence-corrected chi connectivity index (χ0v) is 6.11. The van der Waals surface area contributed by atoms with Gasteiger partial charge >= 0.3 is 0 Å². The van der Waals surface area contributed by atoms with Crippen LogP contribution in [0.2, 0.25) is 0 Å². The molecular weight excluding hydrogens is 156 g/mol. The van der Waals surface area contributed by atoms with Crippen LogP contribution < -0.4 is 5.56 Å². The first-order chi connectivity index (χ1) is 5.88. The minimum Gasteiger partial charge on any atom is -0.305 e. The van der Waals surface area contributed by atoms with E-state index >= 15 is 0 Å². The molecule has 60 valence electrons. The Morgan fingerprint density at radius 3 is 2.92 bits per heavy atom. The van der Waals surface area contributed by atoms with E-state index in [-0.39, 0.29) is 5.56 Å². The van der Waals surface area contributed by atoms with Crippen molar-refractivity contribution in [3.05, 3.63) is 34.9 Å². The van der Waals surface area contributed by atoms with Crippen molar-refractivity contribution < 1.29 is 0 Å². The maximum atomic E-state index is 11.1. The molecule has 0 saturated heterocycles. The summed E-state index contributed by atoms with van der Waals surface area (Å²) in [6.07, 6.45) is 3.12. The first-order valence-electron chi connectivity index (χ1n) is 3.42. The van der Waals surface area contributed by atoms with Crippen molar-refractivity contribution in [1.29, 1.82) is 0 Å². The Balaban J connectivity index is 2.59. The Kier molecular flexibility index (Phi) is 1.48. The van der Waals surface area contributed by atoms with Crippen LogP contribution in [0.15, 0.2) is 29.3 Å². The monoisotopic (exact) mass is 162 g/mol. The summed E-state index contributed by atoms with van der Waals surface area (Å²) in [5.41, 5.74) is 0.888. The molecule has 2 heterocycles. The molecule has 0 aliphatic heterocycles. The van der Waals surface area contributed by atoms with Gasteiger partial charge in [-0.25, -0.2) is 0 Å². The molecule has 2 aromatic heterocycles. The molecule has 5 heteroatoms. The quantitative estimate of drug-likeness (QED) is 0.627. The molecule has 0 unspecified atom stereocenters. The van der Waals surface area contributed by atoms with Gasteiger partial charge in [0.1, 0.15) is 5.69 Å². The molecule has 2 aromatic rings. The molecule has 2 N–H and O–H groups in total. The second kappa shape index (κ2) is 2.61. The van der Waals surface area contributed by atoms with E-state index in [0.29, 0.717) is 11.3 Å². The molecule has 0 radical (unpaired) electrons. The molecule has 0 saturated carbocycles. The summed E-state index contributed by atoms with van der Waals surface area (Å²) in [7, 11) is 0. The lowest BCUT2D eigenvalue weighted by Gasteiger charge is -1.89. The van der Waals surface area contributed by atoms with E-state index in [1.807, 2.05) is 0 Å². The van der Waals surface area contributed by atoms with E-state index in [0.717, 1.165) is 0 Å². The number of nitrogens with zero attached hydrogens (tertiary/aromatic N) is 2. The van der Waals surface area contributed by atoms with Crippen LogP contribution >= 0.6 is 0 Å². The van der Waals surface area contributed by atoms with E-state index in [1.54, 1.807) is 24.5 Å². The predicted molar refractivity (Wildman–Crippen MR) is 42.4 cm³/mol. The van der Waals surface area contributed by atoms with Gasteiger partial charge in [0.2, 0.25) is 0 Å². The molecule has 0 fully saturated rings. The molecule has 0 amide bonds. The van der Waals surface area contributed by atoms with E-state index < -0.39 is 0 Å². The molecule has 0 atom stereocenters. The number of aromatic nitrogens is 4. The number of nitrogens with one attached hydrogen (secondary N) is 2. The van der Waals surface area contributed by atoms with Crippen molar-refractivity contribution in [3.8, 4) is 11.3 Å². The number of hydrogen-bond donors (Lipinski definition) is 2. The molecule has 2 rings (SSSR count). The molecule has 5 nitrogen and oxygen atoms in total. The summed E-state index contributed by atoms with van der Waals surface area (Å²) < 4.78 is 0. The van der Waals surface area contributed by atoms with E-state index in [9.17, 15) is 4.79 Å². The number of H-pyrrole nitrogens is 2. The molecule has 0 spiro atoms. The lowest BCUT2D eigenvalue weighted by Crippen LogP contribution is -2.02. The lowest BCUT2D eigenvalue weighted by molar-refractivity contribution is 1.03. The van der Waals surface area contributed by atoms with Crippen molar-refractivity contribution in [1.82, 2.24) is 20.4 Å². The third-order valence-electron chi connectivity index (χ3n) is 1.50. The van der Waals surface area contributed by atoms with Crippen LogP contribution in [0.4, 0.5) is 0 Å². The third kappa shape index (κ3) is 1.01. The molecule has 0 bridgehead atoms. The topological polar surface area (TPSA) is 74.4 Å². The van der Waals surface area contributed by atoms with Gasteiger partial charge in [0.15, 0.2) is 0 Å². The van der Waals surface area contributed by atoms with Gasteiger partial charge < -0.3 is 5.10 Å². The van der Waals surface area contributed by atoms with Crippen LogP contribution in [-0.2, 0) is 0 Å². The molecule has 0 aromatic carbocycles. The Morgan fingerprint density at radius 2 is 2.33 bits per heavy atom. The van der Waals surface area contributed by atoms with E-state index in [1.165, 1.54) is 0 Å². The highest BCUT2D eigenvalue weighted by molar-refractivity contribution is 5.55. The number of aromatic amines is 2. The first-order valence-corrected chi connectivity index (χ1v) is 3.42. The van der Waals surface area contributed by atoms with Gasteiger partial charge in [-0.15, -0.1) is 0 Å². The minimum atomic E-state index is -0.185. The maximum Gasteiger partial charge on any atom is 0.273 e. The average molecular weight is 162 g/mol. The number of rotatable bonds is 1. The van der Waals surface area contributed by atoms with Crippen molar-refractivity contribution >= 4 is 0 Å². The lowest BCUT2D eigenvalue weighted by atomic mass is 10.2. The van der Waals surface area contributed by atoms with E-state index in [2.05, 4.69) is 20.4 Å². The summed E-state index contributed by atoms with van der Waals surface area (Å²) in [6, 6.07) is 3.46. The van der Waals surface area contributed by atoms with Gasteiger partial charge in [0.25, 0.3) is 5.56 Å². The fraction of sp³-hybridized carbons (Fsp3) is 0. The Morgan fingerprint density at radius 1 is 1.42 bits per heavy atom. The summed E-state index contributed by atoms with van der Waals surface area (Å²) in [5, 5.41) is 12.5. The largest absolute Gasteiger partial charge is 0.305 e. The van der Waals surface area contributed by atoms with Crippen molar-refractivity contribution in [3.63, 3.8) is 0 Å². The van der Waals surface area contributed by atoms with E-state index in [4.69, 9.17) is 0 Å². The van der Waals surface area contributed by atoms with Gasteiger partial charge in [-0.05, 0) is 12.1 Å². The molecule has 12 heavy (non-hydrogen) atoms. The zero-order chi connectivity index (χ0) is 8.39. The smallest absolute Gasteiger partial charge is 0.273 e. The summed E-state index contributed by atoms with van der Waals surface area (Å²) >= 11 is 0. The summed E-state index contributed by atoms with van der Waals surface area (Å²) in [5.74, 6) is 0. The predicted octanol–water partition coefficient (Wildman–Crippen LogP) is 0.160. The maximum absolute atomic E-state index is 11.1. The van der Waals surface area contributed by atoms with Crippen molar-refractivity contribution in [2.24, 2.45) is 0 Å². The van der Waals surface area contributed by atoms with Gasteiger partial charge in [0, 0.05) is 12.4 Å². The fourth-order valence-corrected chi connectivity index (χ4v) is 0.942. The average Bonchev–Trinajstić information content (AvgIpc) is 2.53. The Bertz CT molecular complexity index is 416. The minimum absolute atomic E-state index is 0.185. The normalized spacial score (nSPS) is 10.0. The first kappa shape index (κ1) is 6.78. The third-order valence-corrected chi connectivity index (χ3v) is 1.50. The highest BCUT2D eigenvalue weighted by Crippen LogP contribution is 2.06. The number of hydrogen-bond acceptors (Lipinski definition) is 3. The van der Waals surface area contributed by atoms with Gasteiger partial charge in [-0.2, -0.15) is 10.2 Å². The Hall–Kier alpha value is -1.91. The van der Waals surface area contributed by atoms with Crippen LogP contribution in [-0.4, -0.2) is 20.4 Å². The SMILES string of the molecule is O=c1[nH][nH]cc1-c1cccnn1. The Labute approximate surface area is 67.5 Å². The van der Waals surface area contributed by atoms with Crippen LogP contribution in [0.5, 0.6) is 0 Å². The standard InChI is InChI=1S/C7H6N4O/c12-7-5(4-9-11-7)6-2-1-3-8-10-6/h1-4H,(H2,9,11,12). The second-order valence-electron chi connectivity index (χ2n) is 2.27. The van der Waals surface area contributed by atoms with Gasteiger partial charge in [0.05, 0.1) is 5.56 Å². The zero-order valence-electron chi connectivity index (χ0n) is 6.11. The molecule has 0 aliphatic carbocycles. The fourth-order valence-electron chi connectivity index (χ4n) is 0.942. The molecule has 0 aliphatic rings. The van der Waals surface area contributed by atoms with Crippen LogP contribution in [0.25, 0.3) is 11.3 Å². The van der Waals surface area contributed by atoms with Gasteiger partial charge in [-0.3, -0.25) is 9.89 Å². The van der Waals surface area contributed by atoms with Crippen molar-refractivity contribution in [2.75, 3.05) is 0 Å². The van der Waals surface area contributed by atoms with Crippen molar-refractivity contribution in [2.45, 2.75) is 0 Å². The highest BCUT2D eigenvalue weighted by atomic mass is 16.1. The van der Waals surface area contributed by atoms with Crippen LogP contribution in [0.1, 0.15) is 0 Å².